The fourth-order valence-electron chi connectivity index (χ4n) is 3.29. The smallest absolute Gasteiger partial charge is 0.262 e. The second-order valence-electron chi connectivity index (χ2n) is 6.73. The first-order valence-corrected chi connectivity index (χ1v) is 10.1. The summed E-state index contributed by atoms with van der Waals surface area (Å²) in [6.07, 6.45) is 3.66. The molecular formula is C24H16Cl3NO. The fourth-order valence-corrected chi connectivity index (χ4v) is 3.91. The summed E-state index contributed by atoms with van der Waals surface area (Å²) in [5, 5.41) is 1.61. The van der Waals surface area contributed by atoms with Gasteiger partial charge in [-0.2, -0.15) is 0 Å². The van der Waals surface area contributed by atoms with Crippen molar-refractivity contribution in [3.63, 3.8) is 0 Å². The van der Waals surface area contributed by atoms with Crippen molar-refractivity contribution in [2.24, 2.45) is 0 Å². The second-order valence-corrected chi connectivity index (χ2v) is 8.01. The summed E-state index contributed by atoms with van der Waals surface area (Å²) >= 11 is 18.5. The molecule has 4 rings (SSSR count). The van der Waals surface area contributed by atoms with E-state index in [1.165, 1.54) is 0 Å². The van der Waals surface area contributed by atoms with Crippen LogP contribution in [0, 0.1) is 6.92 Å². The average molecular weight is 441 g/mol. The van der Waals surface area contributed by atoms with E-state index in [9.17, 15) is 4.79 Å². The molecule has 1 aliphatic heterocycles. The van der Waals surface area contributed by atoms with Gasteiger partial charge in [0, 0.05) is 20.6 Å². The first-order chi connectivity index (χ1) is 13.9. The lowest BCUT2D eigenvalue weighted by Gasteiger charge is -2.23. The summed E-state index contributed by atoms with van der Waals surface area (Å²) in [5.41, 5.74) is 4.70. The summed E-state index contributed by atoms with van der Waals surface area (Å²) in [6.45, 7) is 1.96. The van der Waals surface area contributed by atoms with Crippen LogP contribution in [0.1, 0.15) is 16.7 Å². The van der Waals surface area contributed by atoms with Crippen LogP contribution < -0.4 is 4.90 Å². The van der Waals surface area contributed by atoms with Crippen LogP contribution in [0.25, 0.3) is 11.8 Å². The predicted molar refractivity (Wildman–Crippen MR) is 123 cm³/mol. The van der Waals surface area contributed by atoms with Crippen molar-refractivity contribution in [1.29, 1.82) is 0 Å². The van der Waals surface area contributed by atoms with E-state index in [0.29, 0.717) is 20.6 Å². The van der Waals surface area contributed by atoms with Crippen molar-refractivity contribution < 1.29 is 4.79 Å². The molecule has 0 radical (unpaired) electrons. The molecule has 144 valence electrons. The van der Waals surface area contributed by atoms with Crippen LogP contribution in [0.2, 0.25) is 15.1 Å². The van der Waals surface area contributed by atoms with Crippen molar-refractivity contribution in [3.05, 3.63) is 110 Å². The Hall–Kier alpha value is -2.52. The first-order valence-electron chi connectivity index (χ1n) is 8.98. The van der Waals surface area contributed by atoms with Crippen LogP contribution >= 0.6 is 34.8 Å². The van der Waals surface area contributed by atoms with Crippen molar-refractivity contribution in [2.45, 2.75) is 6.92 Å². The van der Waals surface area contributed by atoms with Gasteiger partial charge >= 0.3 is 0 Å². The number of rotatable bonds is 3. The van der Waals surface area contributed by atoms with Gasteiger partial charge in [-0.15, -0.1) is 0 Å². The molecule has 1 aliphatic rings. The van der Waals surface area contributed by atoms with Gasteiger partial charge in [-0.05, 0) is 60.0 Å². The van der Waals surface area contributed by atoms with Gasteiger partial charge in [0.2, 0.25) is 0 Å². The van der Waals surface area contributed by atoms with Crippen LogP contribution in [0.4, 0.5) is 5.69 Å². The maximum absolute atomic E-state index is 13.4. The molecule has 0 saturated carbocycles. The van der Waals surface area contributed by atoms with Crippen molar-refractivity contribution in [1.82, 2.24) is 0 Å². The summed E-state index contributed by atoms with van der Waals surface area (Å²) < 4.78 is 0. The molecule has 0 fully saturated rings. The maximum atomic E-state index is 13.4. The predicted octanol–water partition coefficient (Wildman–Crippen LogP) is 7.43. The van der Waals surface area contributed by atoms with Crippen LogP contribution in [0.3, 0.4) is 0 Å². The summed E-state index contributed by atoms with van der Waals surface area (Å²) in [7, 11) is 0. The number of amides is 1. The Balaban J connectivity index is 1.87. The fraction of sp³-hybridized carbons (Fsp3) is 0.0417. The highest BCUT2D eigenvalue weighted by molar-refractivity contribution is 6.36. The Kier molecular flexibility index (Phi) is 5.51. The lowest BCUT2D eigenvalue weighted by Crippen LogP contribution is -2.25. The molecule has 2 nitrogen and oxygen atoms in total. The highest BCUT2D eigenvalue weighted by Crippen LogP contribution is 2.38. The minimum Gasteiger partial charge on any atom is -0.276 e. The third kappa shape index (κ3) is 3.97. The highest BCUT2D eigenvalue weighted by atomic mass is 35.5. The Morgan fingerprint density at radius 1 is 0.862 bits per heavy atom. The number of nitrogens with zero attached hydrogens (tertiary/aromatic N) is 1. The molecule has 0 aromatic heterocycles. The molecule has 5 heteroatoms. The highest BCUT2D eigenvalue weighted by Gasteiger charge is 2.31. The third-order valence-electron chi connectivity index (χ3n) is 4.74. The summed E-state index contributed by atoms with van der Waals surface area (Å²) in [5.74, 6) is -0.139. The average Bonchev–Trinajstić information content (AvgIpc) is 3.03. The lowest BCUT2D eigenvalue weighted by molar-refractivity contribution is -0.113. The third-order valence-corrected chi connectivity index (χ3v) is 5.54. The van der Waals surface area contributed by atoms with Crippen LogP contribution in [0.15, 0.2) is 78.4 Å². The molecule has 0 N–H and O–H groups in total. The van der Waals surface area contributed by atoms with Gasteiger partial charge in [0.05, 0.1) is 11.4 Å². The second kappa shape index (κ2) is 8.08. The minimum absolute atomic E-state index is 0.139. The summed E-state index contributed by atoms with van der Waals surface area (Å²) in [4.78, 5) is 15.1. The van der Waals surface area contributed by atoms with E-state index < -0.39 is 0 Å². The molecule has 1 heterocycles. The van der Waals surface area contributed by atoms with Gasteiger partial charge in [0.15, 0.2) is 0 Å². The number of hydrogen-bond acceptors (Lipinski definition) is 1. The zero-order valence-electron chi connectivity index (χ0n) is 15.5. The monoisotopic (exact) mass is 439 g/mol. The molecule has 0 bridgehead atoms. The van der Waals surface area contributed by atoms with E-state index in [4.69, 9.17) is 34.8 Å². The normalized spacial score (nSPS) is 15.2. The van der Waals surface area contributed by atoms with Crippen molar-refractivity contribution in [3.8, 4) is 0 Å². The molecule has 3 aromatic rings. The largest absolute Gasteiger partial charge is 0.276 e. The van der Waals surface area contributed by atoms with E-state index in [2.05, 4.69) is 0 Å². The zero-order valence-corrected chi connectivity index (χ0v) is 17.8. The topological polar surface area (TPSA) is 20.3 Å². The van der Waals surface area contributed by atoms with Crippen LogP contribution in [0.5, 0.6) is 0 Å². The Labute approximate surface area is 184 Å². The molecule has 1 amide bonds. The molecule has 29 heavy (non-hydrogen) atoms. The zero-order chi connectivity index (χ0) is 20.5. The van der Waals surface area contributed by atoms with Gasteiger partial charge in [-0.25, -0.2) is 0 Å². The van der Waals surface area contributed by atoms with E-state index in [0.717, 1.165) is 28.1 Å². The Bertz CT molecular complexity index is 1170. The van der Waals surface area contributed by atoms with E-state index in [-0.39, 0.29) is 5.91 Å². The van der Waals surface area contributed by atoms with Crippen LogP contribution in [-0.2, 0) is 4.79 Å². The van der Waals surface area contributed by atoms with Crippen molar-refractivity contribution >= 4 is 58.2 Å². The van der Waals surface area contributed by atoms with Gasteiger partial charge in [-0.1, -0.05) is 77.3 Å². The first kappa shape index (κ1) is 19.8. The van der Waals surface area contributed by atoms with Gasteiger partial charge in [0.25, 0.3) is 5.91 Å². The van der Waals surface area contributed by atoms with Gasteiger partial charge in [0.1, 0.15) is 0 Å². The molecule has 0 saturated heterocycles. The molecule has 0 spiro atoms. The van der Waals surface area contributed by atoms with E-state index in [1.807, 2.05) is 61.5 Å². The number of halogens is 3. The van der Waals surface area contributed by atoms with Gasteiger partial charge in [-0.3, -0.25) is 9.69 Å². The standard InChI is InChI=1S/C24H16Cl3NO/c1-15-7-9-20(26)14-22(15)28-23(16-5-3-2-4-6-16)12-18(24(28)29)11-17-8-10-19(25)13-21(17)27/h2-14H,1H3/b18-11+. The Morgan fingerprint density at radius 2 is 1.55 bits per heavy atom. The summed E-state index contributed by atoms with van der Waals surface area (Å²) in [6, 6.07) is 20.5. The number of carbonyl (C=O) groups is 1. The number of aryl methyl sites for hydroxylation is 1. The molecule has 0 unspecified atom stereocenters. The Morgan fingerprint density at radius 3 is 2.28 bits per heavy atom. The number of carbonyl (C=O) groups excluding carboxylic acids is 1. The maximum Gasteiger partial charge on any atom is 0.262 e. The number of hydrogen-bond donors (Lipinski definition) is 0. The number of benzene rings is 3. The lowest BCUT2D eigenvalue weighted by atomic mass is 10.1. The molecule has 0 atom stereocenters. The number of anilines is 1. The van der Waals surface area contributed by atoms with E-state index >= 15 is 0 Å². The molecular weight excluding hydrogens is 425 g/mol. The van der Waals surface area contributed by atoms with Crippen molar-refractivity contribution in [2.75, 3.05) is 4.90 Å². The SMILES string of the molecule is Cc1ccc(Cl)cc1N1C(=O)/C(=C/c2ccc(Cl)cc2Cl)C=C1c1ccccc1. The van der Waals surface area contributed by atoms with Crippen LogP contribution in [-0.4, -0.2) is 5.91 Å². The quantitative estimate of drug-likeness (QED) is 0.388. The van der Waals surface area contributed by atoms with Gasteiger partial charge < -0.3 is 0 Å². The molecule has 0 aliphatic carbocycles. The minimum atomic E-state index is -0.139. The molecule has 3 aromatic carbocycles. The van der Waals surface area contributed by atoms with E-state index in [1.54, 1.807) is 29.2 Å².